The summed E-state index contributed by atoms with van der Waals surface area (Å²) in [7, 11) is 0. The minimum absolute atomic E-state index is 0.00585. The summed E-state index contributed by atoms with van der Waals surface area (Å²) in [5, 5.41) is 7.35. The predicted molar refractivity (Wildman–Crippen MR) is 104 cm³/mol. The molecular weight excluding hydrogens is 368 g/mol. The number of hydrogen-bond donors (Lipinski definition) is 2. The summed E-state index contributed by atoms with van der Waals surface area (Å²) in [5.41, 5.74) is 0. The van der Waals surface area contributed by atoms with Gasteiger partial charge in [-0.3, -0.25) is 14.4 Å². The molecule has 0 saturated heterocycles. The van der Waals surface area contributed by atoms with E-state index >= 15 is 0 Å². The Morgan fingerprint density at radius 1 is 0.962 bits per heavy atom. The van der Waals surface area contributed by atoms with Crippen molar-refractivity contribution in [1.29, 1.82) is 0 Å². The van der Waals surface area contributed by atoms with Crippen molar-refractivity contribution in [1.82, 2.24) is 10.6 Å². The number of ketones is 1. The molecule has 2 aromatic rings. The molecule has 1 saturated carbocycles. The lowest BCUT2D eigenvalue weighted by Crippen LogP contribution is -2.44. The highest BCUT2D eigenvalue weighted by Crippen LogP contribution is 2.22. The zero-order valence-electron chi connectivity index (χ0n) is 14.5. The highest BCUT2D eigenvalue weighted by atomic mass is 32.1. The van der Waals surface area contributed by atoms with Gasteiger partial charge in [-0.25, -0.2) is 0 Å². The third-order valence-electron chi connectivity index (χ3n) is 4.45. The zero-order valence-corrected chi connectivity index (χ0v) is 16.1. The van der Waals surface area contributed by atoms with E-state index in [0.29, 0.717) is 9.75 Å². The summed E-state index contributed by atoms with van der Waals surface area (Å²) in [6.07, 6.45) is 6.48. The normalized spacial score (nSPS) is 15.2. The number of thiophene rings is 2. The van der Waals surface area contributed by atoms with Crippen LogP contribution < -0.4 is 10.6 Å². The number of hydrogen-bond acceptors (Lipinski definition) is 5. The van der Waals surface area contributed by atoms with Gasteiger partial charge in [0.2, 0.25) is 5.78 Å². The average Bonchev–Trinajstić information content (AvgIpc) is 3.28. The van der Waals surface area contributed by atoms with Crippen molar-refractivity contribution in [2.24, 2.45) is 0 Å². The monoisotopic (exact) mass is 390 g/mol. The maximum atomic E-state index is 12.3. The first-order valence-corrected chi connectivity index (χ1v) is 10.6. The standard InChI is InChI=1S/C19H22N2O3S2/c22-17(15-8-5-11-25-15)16-10-9-14(26-16)12-20-18(23)19(24)21-13-6-3-1-2-4-7-13/h5,8-11,13H,1-4,6-7,12H2,(H,20,23)(H,21,24). The van der Waals surface area contributed by atoms with E-state index in [4.69, 9.17) is 0 Å². The van der Waals surface area contributed by atoms with E-state index in [2.05, 4.69) is 10.6 Å². The Balaban J connectivity index is 1.48. The topological polar surface area (TPSA) is 75.3 Å². The molecule has 2 amide bonds. The number of amides is 2. The highest BCUT2D eigenvalue weighted by molar-refractivity contribution is 7.16. The van der Waals surface area contributed by atoms with Gasteiger partial charge in [-0.05, 0) is 36.4 Å². The second kappa shape index (κ2) is 9.09. The first kappa shape index (κ1) is 18.8. The molecule has 26 heavy (non-hydrogen) atoms. The van der Waals surface area contributed by atoms with Gasteiger partial charge in [0, 0.05) is 10.9 Å². The first-order valence-electron chi connectivity index (χ1n) is 8.89. The van der Waals surface area contributed by atoms with Crippen LogP contribution in [0.2, 0.25) is 0 Å². The first-order chi connectivity index (χ1) is 12.6. The Hall–Kier alpha value is -1.99. The number of carbonyl (C=O) groups excluding carboxylic acids is 3. The van der Waals surface area contributed by atoms with Crippen molar-refractivity contribution in [3.05, 3.63) is 44.3 Å². The molecule has 0 bridgehead atoms. The van der Waals surface area contributed by atoms with Crippen LogP contribution in [-0.2, 0) is 16.1 Å². The summed E-state index contributed by atoms with van der Waals surface area (Å²) >= 11 is 2.75. The molecule has 0 radical (unpaired) electrons. The van der Waals surface area contributed by atoms with Gasteiger partial charge >= 0.3 is 11.8 Å². The van der Waals surface area contributed by atoms with Gasteiger partial charge in [0.15, 0.2) is 0 Å². The smallest absolute Gasteiger partial charge is 0.309 e. The van der Waals surface area contributed by atoms with Gasteiger partial charge in [0.1, 0.15) is 0 Å². The number of carbonyl (C=O) groups is 3. The molecule has 3 rings (SSSR count). The summed E-state index contributed by atoms with van der Waals surface area (Å²) in [5.74, 6) is -1.19. The third-order valence-corrected chi connectivity index (χ3v) is 6.40. The lowest BCUT2D eigenvalue weighted by Gasteiger charge is -2.15. The lowest BCUT2D eigenvalue weighted by molar-refractivity contribution is -0.139. The van der Waals surface area contributed by atoms with E-state index in [0.717, 1.165) is 30.6 Å². The third kappa shape index (κ3) is 5.02. The van der Waals surface area contributed by atoms with Crippen LogP contribution in [0.3, 0.4) is 0 Å². The Bertz CT molecular complexity index is 760. The van der Waals surface area contributed by atoms with Gasteiger partial charge in [0.05, 0.1) is 16.3 Å². The lowest BCUT2D eigenvalue weighted by atomic mass is 10.1. The van der Waals surface area contributed by atoms with E-state index in [1.807, 2.05) is 17.5 Å². The van der Waals surface area contributed by atoms with Gasteiger partial charge in [-0.1, -0.05) is 31.7 Å². The molecule has 1 aliphatic rings. The molecule has 0 atom stereocenters. The summed E-state index contributed by atoms with van der Waals surface area (Å²) < 4.78 is 0. The molecule has 1 fully saturated rings. The van der Waals surface area contributed by atoms with Gasteiger partial charge in [-0.2, -0.15) is 0 Å². The predicted octanol–water partition coefficient (Wildman–Crippen LogP) is 3.50. The summed E-state index contributed by atoms with van der Waals surface area (Å²) in [6.45, 7) is 0.249. The van der Waals surface area contributed by atoms with E-state index in [1.54, 1.807) is 12.1 Å². The minimum atomic E-state index is -0.617. The molecule has 0 aromatic carbocycles. The van der Waals surface area contributed by atoms with Crippen LogP contribution >= 0.6 is 22.7 Å². The fourth-order valence-corrected chi connectivity index (χ4v) is 4.69. The Labute approximate surface area is 160 Å². The Morgan fingerprint density at radius 3 is 2.42 bits per heavy atom. The minimum Gasteiger partial charge on any atom is -0.345 e. The molecule has 2 aromatic heterocycles. The fourth-order valence-electron chi connectivity index (χ4n) is 3.05. The molecule has 0 aliphatic heterocycles. The molecule has 138 valence electrons. The van der Waals surface area contributed by atoms with Crippen molar-refractivity contribution in [3.8, 4) is 0 Å². The molecule has 0 unspecified atom stereocenters. The van der Waals surface area contributed by atoms with Gasteiger partial charge < -0.3 is 10.6 Å². The van der Waals surface area contributed by atoms with Crippen LogP contribution in [0.25, 0.3) is 0 Å². The Kier molecular flexibility index (Phi) is 6.57. The second-order valence-electron chi connectivity index (χ2n) is 6.42. The summed E-state index contributed by atoms with van der Waals surface area (Å²) in [6, 6.07) is 7.33. The molecule has 5 nitrogen and oxygen atoms in total. The van der Waals surface area contributed by atoms with Crippen molar-refractivity contribution in [2.45, 2.75) is 51.1 Å². The molecule has 2 heterocycles. The Morgan fingerprint density at radius 2 is 1.73 bits per heavy atom. The van der Waals surface area contributed by atoms with Crippen LogP contribution in [0.1, 0.15) is 58.0 Å². The number of rotatable bonds is 5. The van der Waals surface area contributed by atoms with E-state index in [9.17, 15) is 14.4 Å². The molecule has 0 spiro atoms. The largest absolute Gasteiger partial charge is 0.345 e. The van der Waals surface area contributed by atoms with Crippen molar-refractivity contribution in [2.75, 3.05) is 0 Å². The molecule has 7 heteroatoms. The molecule has 2 N–H and O–H groups in total. The van der Waals surface area contributed by atoms with E-state index < -0.39 is 11.8 Å². The SMILES string of the molecule is O=C(NCc1ccc(C(=O)c2cccs2)s1)C(=O)NC1CCCCCC1. The van der Waals surface area contributed by atoms with Gasteiger partial charge in [0.25, 0.3) is 0 Å². The van der Waals surface area contributed by atoms with Crippen molar-refractivity contribution in [3.63, 3.8) is 0 Å². The van der Waals surface area contributed by atoms with Crippen LogP contribution in [0.15, 0.2) is 29.6 Å². The molecular formula is C19H22N2O3S2. The number of nitrogens with one attached hydrogen (secondary N) is 2. The van der Waals surface area contributed by atoms with Crippen molar-refractivity contribution >= 4 is 40.3 Å². The van der Waals surface area contributed by atoms with Crippen LogP contribution in [-0.4, -0.2) is 23.6 Å². The average molecular weight is 391 g/mol. The van der Waals surface area contributed by atoms with Crippen molar-refractivity contribution < 1.29 is 14.4 Å². The molecule has 1 aliphatic carbocycles. The fraction of sp³-hybridized carbons (Fsp3) is 0.421. The summed E-state index contributed by atoms with van der Waals surface area (Å²) in [4.78, 5) is 38.5. The van der Waals surface area contributed by atoms with Gasteiger partial charge in [-0.15, -0.1) is 22.7 Å². The van der Waals surface area contributed by atoms with E-state index in [-0.39, 0.29) is 18.4 Å². The van der Waals surface area contributed by atoms with Crippen LogP contribution in [0.4, 0.5) is 0 Å². The zero-order chi connectivity index (χ0) is 18.4. The quantitative estimate of drug-likeness (QED) is 0.466. The highest BCUT2D eigenvalue weighted by Gasteiger charge is 2.20. The maximum Gasteiger partial charge on any atom is 0.309 e. The van der Waals surface area contributed by atoms with Crippen LogP contribution in [0, 0.1) is 0 Å². The van der Waals surface area contributed by atoms with E-state index in [1.165, 1.54) is 35.5 Å². The maximum absolute atomic E-state index is 12.3. The van der Waals surface area contributed by atoms with Crippen LogP contribution in [0.5, 0.6) is 0 Å². The second-order valence-corrected chi connectivity index (χ2v) is 8.53.